The van der Waals surface area contributed by atoms with Crippen LogP contribution in [0, 0.1) is 5.92 Å². The maximum atomic E-state index is 13.0. The molecule has 7 nitrogen and oxygen atoms in total. The number of carbonyl (C=O) groups is 2. The molecule has 4 fully saturated rings. The van der Waals surface area contributed by atoms with Crippen molar-refractivity contribution in [2.24, 2.45) is 5.92 Å². The number of aromatic nitrogens is 2. The largest absolute Gasteiger partial charge is 0.339 e. The van der Waals surface area contributed by atoms with Crippen LogP contribution in [-0.4, -0.2) is 50.9 Å². The minimum atomic E-state index is -0.200. The molecular formula is C17H22N4O3. The van der Waals surface area contributed by atoms with Gasteiger partial charge in [-0.15, -0.1) is 0 Å². The van der Waals surface area contributed by atoms with Crippen LogP contribution in [0.1, 0.15) is 68.6 Å². The van der Waals surface area contributed by atoms with Gasteiger partial charge in [0.2, 0.25) is 17.7 Å². The quantitative estimate of drug-likeness (QED) is 0.838. The van der Waals surface area contributed by atoms with Crippen molar-refractivity contribution in [3.8, 4) is 0 Å². The first kappa shape index (κ1) is 14.4. The maximum Gasteiger partial charge on any atom is 0.229 e. The van der Waals surface area contributed by atoms with Crippen LogP contribution in [0.25, 0.3) is 0 Å². The molecule has 0 bridgehead atoms. The summed E-state index contributed by atoms with van der Waals surface area (Å²) in [6, 6.07) is 0.307. The van der Waals surface area contributed by atoms with Gasteiger partial charge in [0.05, 0.1) is 12.0 Å². The molecule has 2 atom stereocenters. The molecule has 0 N–H and O–H groups in total. The third-order valence-corrected chi connectivity index (χ3v) is 5.71. The van der Waals surface area contributed by atoms with Crippen LogP contribution >= 0.6 is 0 Å². The Balaban J connectivity index is 1.31. The van der Waals surface area contributed by atoms with Crippen molar-refractivity contribution in [3.63, 3.8) is 0 Å². The topological polar surface area (TPSA) is 79.5 Å². The maximum absolute atomic E-state index is 13.0. The lowest BCUT2D eigenvalue weighted by Gasteiger charge is -2.25. The van der Waals surface area contributed by atoms with Crippen LogP contribution in [0.5, 0.6) is 0 Å². The second kappa shape index (κ2) is 5.29. The summed E-state index contributed by atoms with van der Waals surface area (Å²) in [5, 5.41) is 4.13. The van der Waals surface area contributed by atoms with E-state index in [2.05, 4.69) is 10.1 Å². The molecule has 0 spiro atoms. The zero-order chi connectivity index (χ0) is 16.3. The first-order chi connectivity index (χ1) is 11.7. The lowest BCUT2D eigenvalue weighted by molar-refractivity contribution is -0.136. The Morgan fingerprint density at radius 1 is 1.17 bits per heavy atom. The van der Waals surface area contributed by atoms with Gasteiger partial charge in [0.25, 0.3) is 0 Å². The van der Waals surface area contributed by atoms with Gasteiger partial charge in [-0.25, -0.2) is 0 Å². The number of amides is 2. The zero-order valence-corrected chi connectivity index (χ0v) is 13.7. The summed E-state index contributed by atoms with van der Waals surface area (Å²) in [6.07, 6.45) is 6.61. The van der Waals surface area contributed by atoms with E-state index >= 15 is 0 Å². The van der Waals surface area contributed by atoms with Crippen molar-refractivity contribution in [2.45, 2.75) is 62.9 Å². The molecule has 2 saturated heterocycles. The molecule has 128 valence electrons. The molecule has 2 aliphatic carbocycles. The number of rotatable bonds is 4. The summed E-state index contributed by atoms with van der Waals surface area (Å²) in [5.41, 5.74) is 0. The summed E-state index contributed by atoms with van der Waals surface area (Å²) in [7, 11) is 0. The Morgan fingerprint density at radius 3 is 2.75 bits per heavy atom. The fraction of sp³-hybridized carbons (Fsp3) is 0.765. The van der Waals surface area contributed by atoms with Crippen molar-refractivity contribution in [2.75, 3.05) is 13.1 Å². The predicted molar refractivity (Wildman–Crippen MR) is 82.8 cm³/mol. The smallest absolute Gasteiger partial charge is 0.229 e. The monoisotopic (exact) mass is 330 g/mol. The van der Waals surface area contributed by atoms with Gasteiger partial charge in [0.15, 0.2) is 5.82 Å². The van der Waals surface area contributed by atoms with Crippen molar-refractivity contribution in [1.82, 2.24) is 19.9 Å². The number of hydrogen-bond acceptors (Lipinski definition) is 5. The van der Waals surface area contributed by atoms with Crippen LogP contribution in [-0.2, 0) is 9.59 Å². The zero-order valence-electron chi connectivity index (χ0n) is 13.7. The molecule has 5 rings (SSSR count). The van der Waals surface area contributed by atoms with Gasteiger partial charge in [-0.1, -0.05) is 5.16 Å². The molecule has 2 saturated carbocycles. The van der Waals surface area contributed by atoms with Gasteiger partial charge < -0.3 is 14.3 Å². The number of carbonyl (C=O) groups excluding carboxylic acids is 2. The summed E-state index contributed by atoms with van der Waals surface area (Å²) in [4.78, 5) is 33.4. The van der Waals surface area contributed by atoms with Crippen LogP contribution in [0.3, 0.4) is 0 Å². The van der Waals surface area contributed by atoms with E-state index in [1.54, 1.807) is 0 Å². The van der Waals surface area contributed by atoms with Gasteiger partial charge >= 0.3 is 0 Å². The third-order valence-electron chi connectivity index (χ3n) is 5.71. The molecule has 4 aliphatic rings. The summed E-state index contributed by atoms with van der Waals surface area (Å²) >= 11 is 0. The van der Waals surface area contributed by atoms with Crippen LogP contribution in [0.15, 0.2) is 4.52 Å². The van der Waals surface area contributed by atoms with Crippen LogP contribution < -0.4 is 0 Å². The molecule has 1 aromatic rings. The highest BCUT2D eigenvalue weighted by molar-refractivity contribution is 5.89. The van der Waals surface area contributed by atoms with E-state index in [9.17, 15) is 9.59 Å². The minimum Gasteiger partial charge on any atom is -0.339 e. The summed E-state index contributed by atoms with van der Waals surface area (Å²) < 4.78 is 5.37. The predicted octanol–water partition coefficient (Wildman–Crippen LogP) is 1.62. The Morgan fingerprint density at radius 2 is 2.00 bits per heavy atom. The van der Waals surface area contributed by atoms with E-state index in [4.69, 9.17) is 4.52 Å². The lowest BCUT2D eigenvalue weighted by atomic mass is 10.1. The van der Waals surface area contributed by atoms with Crippen molar-refractivity contribution >= 4 is 11.8 Å². The Kier molecular flexibility index (Phi) is 3.18. The second-order valence-corrected chi connectivity index (χ2v) is 7.63. The van der Waals surface area contributed by atoms with E-state index in [1.807, 2.05) is 9.80 Å². The third kappa shape index (κ3) is 2.41. The molecule has 0 radical (unpaired) electrons. The first-order valence-electron chi connectivity index (χ1n) is 9.14. The van der Waals surface area contributed by atoms with Crippen LogP contribution in [0.2, 0.25) is 0 Å². The molecule has 1 aromatic heterocycles. The molecule has 0 aromatic carbocycles. The summed E-state index contributed by atoms with van der Waals surface area (Å²) in [6.45, 7) is 1.32. The van der Waals surface area contributed by atoms with Gasteiger partial charge in [0.1, 0.15) is 0 Å². The Labute approximate surface area is 140 Å². The van der Waals surface area contributed by atoms with E-state index in [-0.39, 0.29) is 23.8 Å². The normalized spacial score (nSPS) is 30.4. The van der Waals surface area contributed by atoms with Crippen molar-refractivity contribution in [1.29, 1.82) is 0 Å². The molecule has 2 aliphatic heterocycles. The number of likely N-dealkylation sites (tertiary alicyclic amines) is 2. The first-order valence-corrected chi connectivity index (χ1v) is 9.14. The molecule has 0 unspecified atom stereocenters. The average molecular weight is 330 g/mol. The van der Waals surface area contributed by atoms with Gasteiger partial charge in [0, 0.05) is 31.5 Å². The molecule has 7 heteroatoms. The van der Waals surface area contributed by atoms with Gasteiger partial charge in [-0.05, 0) is 38.5 Å². The Bertz CT molecular complexity index is 679. The van der Waals surface area contributed by atoms with Gasteiger partial charge in [-0.2, -0.15) is 4.98 Å². The molecule has 2 amide bonds. The lowest BCUT2D eigenvalue weighted by Crippen LogP contribution is -2.37. The van der Waals surface area contributed by atoms with Crippen molar-refractivity contribution in [3.05, 3.63) is 11.7 Å². The number of hydrogen-bond donors (Lipinski definition) is 0. The highest BCUT2D eigenvalue weighted by Gasteiger charge is 2.45. The van der Waals surface area contributed by atoms with E-state index in [0.717, 1.165) is 51.0 Å². The summed E-state index contributed by atoms with van der Waals surface area (Å²) in [5.74, 6) is 1.82. The fourth-order valence-corrected chi connectivity index (χ4v) is 4.05. The average Bonchev–Trinajstić information content (AvgIpc) is 3.47. The van der Waals surface area contributed by atoms with E-state index in [0.29, 0.717) is 30.7 Å². The highest BCUT2D eigenvalue weighted by atomic mass is 16.5. The van der Waals surface area contributed by atoms with E-state index < -0.39 is 0 Å². The van der Waals surface area contributed by atoms with E-state index in [1.165, 1.54) is 0 Å². The fourth-order valence-electron chi connectivity index (χ4n) is 4.05. The molecule has 3 heterocycles. The molecular weight excluding hydrogens is 308 g/mol. The minimum absolute atomic E-state index is 0.0844. The second-order valence-electron chi connectivity index (χ2n) is 7.63. The van der Waals surface area contributed by atoms with Crippen molar-refractivity contribution < 1.29 is 14.1 Å². The van der Waals surface area contributed by atoms with Gasteiger partial charge in [-0.3, -0.25) is 9.59 Å². The van der Waals surface area contributed by atoms with Crippen LogP contribution in [0.4, 0.5) is 0 Å². The SMILES string of the molecule is O=C1C[C@@H](C(=O)N2CCC[C@@H]2c2noc(C3CC3)n2)CN1C1CC1. The Hall–Kier alpha value is -1.92. The number of nitrogens with zero attached hydrogens (tertiary/aromatic N) is 4. The standard InChI is InChI=1S/C17H22N4O3/c22-14-8-11(9-21(14)12-5-6-12)17(23)20-7-1-2-13(20)15-18-16(24-19-15)10-3-4-10/h10-13H,1-9H2/t11-,13-/m1/s1. The molecule has 24 heavy (non-hydrogen) atoms. The highest BCUT2D eigenvalue weighted by Crippen LogP contribution is 2.41.